The molecule has 0 saturated heterocycles. The van der Waals surface area contributed by atoms with Crippen LogP contribution in [0.25, 0.3) is 0 Å². The molecule has 1 atom stereocenters. The van der Waals surface area contributed by atoms with Gasteiger partial charge in [0.05, 0.1) is 12.7 Å². The summed E-state index contributed by atoms with van der Waals surface area (Å²) in [4.78, 5) is 23.4. The van der Waals surface area contributed by atoms with Crippen molar-refractivity contribution in [3.05, 3.63) is 48.1 Å². The van der Waals surface area contributed by atoms with E-state index < -0.39 is 35.1 Å². The molecule has 0 spiro atoms. The minimum atomic E-state index is -1.25. The topological polar surface area (TPSA) is 55.4 Å². The van der Waals surface area contributed by atoms with Crippen LogP contribution in [0.15, 0.2) is 30.9 Å². The molecule has 1 aromatic carbocycles. The van der Waals surface area contributed by atoms with Crippen LogP contribution in [0.4, 0.5) is 8.78 Å². The number of carbonyl (C=O) groups is 2. The molecule has 0 unspecified atom stereocenters. The normalized spacial score (nSPS) is 11.6. The van der Waals surface area contributed by atoms with Crippen LogP contribution in [0, 0.1) is 11.6 Å². The van der Waals surface area contributed by atoms with Gasteiger partial charge in [-0.3, -0.25) is 4.79 Å². The number of benzene rings is 1. The molecule has 1 amide bonds. The van der Waals surface area contributed by atoms with Crippen molar-refractivity contribution >= 4 is 11.9 Å². The van der Waals surface area contributed by atoms with Crippen molar-refractivity contribution in [2.75, 3.05) is 7.11 Å². The SMILES string of the molecule is C=CCC[C@@H](NC(=O)c1cccc(F)c1F)C(=O)OC. The van der Waals surface area contributed by atoms with Gasteiger partial charge in [-0.05, 0) is 25.0 Å². The molecule has 1 aromatic rings. The van der Waals surface area contributed by atoms with Gasteiger partial charge in [0.15, 0.2) is 11.6 Å². The third-order valence-electron chi connectivity index (χ3n) is 2.65. The van der Waals surface area contributed by atoms with Crippen LogP contribution in [0.1, 0.15) is 23.2 Å². The fraction of sp³-hybridized carbons (Fsp3) is 0.286. The van der Waals surface area contributed by atoms with Crippen LogP contribution in [-0.2, 0) is 9.53 Å². The summed E-state index contributed by atoms with van der Waals surface area (Å²) in [5.41, 5.74) is -0.461. The van der Waals surface area contributed by atoms with Crippen LogP contribution in [-0.4, -0.2) is 25.0 Å². The number of carbonyl (C=O) groups excluding carboxylic acids is 2. The predicted molar refractivity (Wildman–Crippen MR) is 69.1 cm³/mol. The van der Waals surface area contributed by atoms with Crippen molar-refractivity contribution in [1.29, 1.82) is 0 Å². The molecule has 0 aliphatic heterocycles. The zero-order valence-corrected chi connectivity index (χ0v) is 11.0. The van der Waals surface area contributed by atoms with E-state index in [0.717, 1.165) is 12.1 Å². The van der Waals surface area contributed by atoms with E-state index in [1.165, 1.54) is 13.2 Å². The molecule has 4 nitrogen and oxygen atoms in total. The summed E-state index contributed by atoms with van der Waals surface area (Å²) in [6.07, 6.45) is 2.30. The number of amides is 1. The minimum Gasteiger partial charge on any atom is -0.467 e. The number of allylic oxidation sites excluding steroid dienone is 1. The molecule has 0 aromatic heterocycles. The van der Waals surface area contributed by atoms with Crippen molar-refractivity contribution in [2.45, 2.75) is 18.9 Å². The molecule has 108 valence electrons. The van der Waals surface area contributed by atoms with Gasteiger partial charge >= 0.3 is 5.97 Å². The number of nitrogens with one attached hydrogen (secondary N) is 1. The molecule has 1 N–H and O–H groups in total. The Morgan fingerprint density at radius 2 is 2.15 bits per heavy atom. The fourth-order valence-electron chi connectivity index (χ4n) is 1.59. The quantitative estimate of drug-likeness (QED) is 0.643. The van der Waals surface area contributed by atoms with E-state index >= 15 is 0 Å². The standard InChI is InChI=1S/C14H15F2NO3/c1-3-4-8-11(14(19)20-2)17-13(18)9-6-5-7-10(15)12(9)16/h3,5-7,11H,1,4,8H2,2H3,(H,17,18)/t11-/m1/s1. The highest BCUT2D eigenvalue weighted by molar-refractivity contribution is 5.97. The van der Waals surface area contributed by atoms with Crippen molar-refractivity contribution in [3.63, 3.8) is 0 Å². The second-order valence-corrected chi connectivity index (χ2v) is 4.02. The smallest absolute Gasteiger partial charge is 0.328 e. The first-order chi connectivity index (χ1) is 9.51. The molecular formula is C14H15F2NO3. The molecule has 0 aliphatic rings. The van der Waals surface area contributed by atoms with Crippen LogP contribution >= 0.6 is 0 Å². The van der Waals surface area contributed by atoms with Gasteiger partial charge in [-0.15, -0.1) is 6.58 Å². The second-order valence-electron chi connectivity index (χ2n) is 4.02. The molecular weight excluding hydrogens is 268 g/mol. The van der Waals surface area contributed by atoms with Gasteiger partial charge in [-0.25, -0.2) is 13.6 Å². The summed E-state index contributed by atoms with van der Waals surface area (Å²) in [6.45, 7) is 3.51. The average molecular weight is 283 g/mol. The van der Waals surface area contributed by atoms with E-state index in [-0.39, 0.29) is 6.42 Å². The van der Waals surface area contributed by atoms with Crippen molar-refractivity contribution in [1.82, 2.24) is 5.32 Å². The summed E-state index contributed by atoms with van der Waals surface area (Å²) >= 11 is 0. The number of methoxy groups -OCH3 is 1. The summed E-state index contributed by atoms with van der Waals surface area (Å²) in [5.74, 6) is -3.91. The first-order valence-corrected chi connectivity index (χ1v) is 5.94. The molecule has 6 heteroatoms. The van der Waals surface area contributed by atoms with E-state index in [4.69, 9.17) is 0 Å². The molecule has 1 rings (SSSR count). The fourth-order valence-corrected chi connectivity index (χ4v) is 1.59. The van der Waals surface area contributed by atoms with E-state index in [0.29, 0.717) is 6.42 Å². The van der Waals surface area contributed by atoms with Crippen molar-refractivity contribution in [3.8, 4) is 0 Å². The Morgan fingerprint density at radius 3 is 2.75 bits per heavy atom. The number of esters is 1. The lowest BCUT2D eigenvalue weighted by Crippen LogP contribution is -2.41. The summed E-state index contributed by atoms with van der Waals surface area (Å²) in [6, 6.07) is 2.31. The molecule has 0 bridgehead atoms. The summed E-state index contributed by atoms with van der Waals surface area (Å²) < 4.78 is 31.1. The number of rotatable bonds is 6. The summed E-state index contributed by atoms with van der Waals surface area (Å²) in [5, 5.41) is 2.32. The van der Waals surface area contributed by atoms with Gasteiger partial charge in [0.1, 0.15) is 6.04 Å². The molecule has 20 heavy (non-hydrogen) atoms. The highest BCUT2D eigenvalue weighted by atomic mass is 19.2. The maximum absolute atomic E-state index is 13.5. The highest BCUT2D eigenvalue weighted by Gasteiger charge is 2.23. The Morgan fingerprint density at radius 1 is 1.45 bits per heavy atom. The predicted octanol–water partition coefficient (Wildman–Crippen LogP) is 2.20. The Bertz CT molecular complexity index is 517. The third kappa shape index (κ3) is 3.88. The Kier molecular flexibility index (Phi) is 5.83. The minimum absolute atomic E-state index is 0.263. The molecule has 0 aliphatic carbocycles. The van der Waals surface area contributed by atoms with Crippen molar-refractivity contribution < 1.29 is 23.1 Å². The van der Waals surface area contributed by atoms with E-state index in [2.05, 4.69) is 16.6 Å². The van der Waals surface area contributed by atoms with Gasteiger partial charge in [0, 0.05) is 0 Å². The Hall–Kier alpha value is -2.24. The maximum Gasteiger partial charge on any atom is 0.328 e. The third-order valence-corrected chi connectivity index (χ3v) is 2.65. The monoisotopic (exact) mass is 283 g/mol. The Labute approximate surface area is 115 Å². The van der Waals surface area contributed by atoms with Gasteiger partial charge in [-0.2, -0.15) is 0 Å². The largest absolute Gasteiger partial charge is 0.467 e. The Balaban J connectivity index is 2.87. The van der Waals surface area contributed by atoms with Crippen LogP contribution < -0.4 is 5.32 Å². The zero-order valence-electron chi connectivity index (χ0n) is 11.0. The lowest BCUT2D eigenvalue weighted by Gasteiger charge is -2.16. The van der Waals surface area contributed by atoms with Crippen LogP contribution in [0.2, 0.25) is 0 Å². The van der Waals surface area contributed by atoms with Gasteiger partial charge < -0.3 is 10.1 Å². The van der Waals surface area contributed by atoms with Gasteiger partial charge in [-0.1, -0.05) is 12.1 Å². The van der Waals surface area contributed by atoms with E-state index in [1.807, 2.05) is 0 Å². The second kappa shape index (κ2) is 7.37. The number of hydrogen-bond donors (Lipinski definition) is 1. The number of ether oxygens (including phenoxy) is 1. The highest BCUT2D eigenvalue weighted by Crippen LogP contribution is 2.12. The van der Waals surface area contributed by atoms with Gasteiger partial charge in [0.2, 0.25) is 0 Å². The van der Waals surface area contributed by atoms with E-state index in [9.17, 15) is 18.4 Å². The van der Waals surface area contributed by atoms with Crippen molar-refractivity contribution in [2.24, 2.45) is 0 Å². The lowest BCUT2D eigenvalue weighted by atomic mass is 10.1. The number of halogens is 2. The maximum atomic E-state index is 13.5. The summed E-state index contributed by atoms with van der Waals surface area (Å²) in [7, 11) is 1.18. The lowest BCUT2D eigenvalue weighted by molar-refractivity contribution is -0.143. The molecule has 0 saturated carbocycles. The van der Waals surface area contributed by atoms with Gasteiger partial charge in [0.25, 0.3) is 5.91 Å². The number of hydrogen-bond acceptors (Lipinski definition) is 3. The molecule has 0 fully saturated rings. The first-order valence-electron chi connectivity index (χ1n) is 5.94. The van der Waals surface area contributed by atoms with E-state index in [1.54, 1.807) is 6.08 Å². The van der Waals surface area contributed by atoms with Crippen LogP contribution in [0.5, 0.6) is 0 Å². The average Bonchev–Trinajstić information content (AvgIpc) is 2.45. The first kappa shape index (κ1) is 15.8. The van der Waals surface area contributed by atoms with Crippen LogP contribution in [0.3, 0.4) is 0 Å². The molecule has 0 radical (unpaired) electrons. The zero-order chi connectivity index (χ0) is 15.1. The molecule has 0 heterocycles.